The number of rotatable bonds is 3. The van der Waals surface area contributed by atoms with Crippen LogP contribution in [0.2, 0.25) is 0 Å². The van der Waals surface area contributed by atoms with Crippen molar-refractivity contribution < 1.29 is 13.9 Å². The van der Waals surface area contributed by atoms with Crippen molar-refractivity contribution >= 4 is 11.7 Å². The van der Waals surface area contributed by atoms with E-state index in [1.165, 1.54) is 12.1 Å². The fourth-order valence-electron chi connectivity index (χ4n) is 1.58. The standard InChI is InChI=1S/C12H15FN2O2/c1-12(7-17-8-12)6-14-11(16)15-10-5-3-2-4-9(10)13/h2-5H,6-8H2,1H3,(H2,14,15,16). The molecule has 0 spiro atoms. The summed E-state index contributed by atoms with van der Waals surface area (Å²) >= 11 is 0. The number of para-hydroxylation sites is 1. The molecular weight excluding hydrogens is 223 g/mol. The van der Waals surface area contributed by atoms with E-state index in [1.807, 2.05) is 6.92 Å². The monoisotopic (exact) mass is 238 g/mol. The summed E-state index contributed by atoms with van der Waals surface area (Å²) in [6.45, 7) is 3.84. The summed E-state index contributed by atoms with van der Waals surface area (Å²) in [7, 11) is 0. The molecule has 2 N–H and O–H groups in total. The molecule has 5 heteroatoms. The first kappa shape index (κ1) is 11.9. The van der Waals surface area contributed by atoms with Crippen molar-refractivity contribution in [2.75, 3.05) is 25.1 Å². The van der Waals surface area contributed by atoms with Crippen molar-refractivity contribution in [2.45, 2.75) is 6.92 Å². The van der Waals surface area contributed by atoms with Crippen LogP contribution in [0, 0.1) is 11.2 Å². The molecule has 1 aliphatic rings. The fourth-order valence-corrected chi connectivity index (χ4v) is 1.58. The number of halogens is 1. The summed E-state index contributed by atoms with van der Waals surface area (Å²) in [5, 5.41) is 5.17. The number of ether oxygens (including phenoxy) is 1. The Kier molecular flexibility index (Phi) is 3.28. The number of hydrogen-bond donors (Lipinski definition) is 2. The van der Waals surface area contributed by atoms with Crippen molar-refractivity contribution in [1.29, 1.82) is 0 Å². The zero-order valence-corrected chi connectivity index (χ0v) is 9.63. The average Bonchev–Trinajstić information content (AvgIpc) is 2.27. The Morgan fingerprint density at radius 3 is 2.76 bits per heavy atom. The maximum atomic E-state index is 13.2. The van der Waals surface area contributed by atoms with Crippen molar-refractivity contribution in [3.05, 3.63) is 30.1 Å². The molecule has 2 amide bonds. The first-order valence-electron chi connectivity index (χ1n) is 5.46. The third-order valence-corrected chi connectivity index (χ3v) is 2.70. The Morgan fingerprint density at radius 1 is 1.47 bits per heavy atom. The van der Waals surface area contributed by atoms with Gasteiger partial charge >= 0.3 is 6.03 Å². The maximum Gasteiger partial charge on any atom is 0.319 e. The molecule has 1 saturated heterocycles. The van der Waals surface area contributed by atoms with E-state index in [4.69, 9.17) is 4.74 Å². The van der Waals surface area contributed by atoms with E-state index in [2.05, 4.69) is 10.6 Å². The summed E-state index contributed by atoms with van der Waals surface area (Å²) in [6.07, 6.45) is 0. The number of benzene rings is 1. The van der Waals surface area contributed by atoms with Crippen LogP contribution in [0.5, 0.6) is 0 Å². The molecule has 0 aliphatic carbocycles. The number of hydrogen-bond acceptors (Lipinski definition) is 2. The van der Waals surface area contributed by atoms with Crippen molar-refractivity contribution in [2.24, 2.45) is 5.41 Å². The Bertz CT molecular complexity index is 419. The minimum Gasteiger partial charge on any atom is -0.380 e. The van der Waals surface area contributed by atoms with E-state index in [0.717, 1.165) is 0 Å². The van der Waals surface area contributed by atoms with Gasteiger partial charge in [-0.15, -0.1) is 0 Å². The van der Waals surface area contributed by atoms with Gasteiger partial charge in [0.15, 0.2) is 0 Å². The minimum atomic E-state index is -0.444. The molecule has 1 heterocycles. The van der Waals surface area contributed by atoms with Gasteiger partial charge < -0.3 is 15.4 Å². The second-order valence-corrected chi connectivity index (χ2v) is 4.59. The second kappa shape index (κ2) is 4.71. The van der Waals surface area contributed by atoms with Gasteiger partial charge in [-0.3, -0.25) is 0 Å². The Morgan fingerprint density at radius 2 is 2.18 bits per heavy atom. The van der Waals surface area contributed by atoms with E-state index < -0.39 is 11.8 Å². The first-order chi connectivity index (χ1) is 8.09. The lowest BCUT2D eigenvalue weighted by molar-refractivity contribution is -0.0974. The summed E-state index contributed by atoms with van der Waals surface area (Å²) in [5.74, 6) is -0.444. The van der Waals surface area contributed by atoms with Gasteiger partial charge in [-0.25, -0.2) is 9.18 Å². The van der Waals surface area contributed by atoms with Crippen LogP contribution in [0.1, 0.15) is 6.92 Å². The molecule has 0 radical (unpaired) electrons. The zero-order chi connectivity index (χ0) is 12.3. The topological polar surface area (TPSA) is 50.4 Å². The summed E-state index contributed by atoms with van der Waals surface area (Å²) in [4.78, 5) is 11.5. The third kappa shape index (κ3) is 2.94. The Labute approximate surface area is 99.2 Å². The molecule has 1 aromatic rings. The molecule has 4 nitrogen and oxygen atoms in total. The number of carbonyl (C=O) groups is 1. The lowest BCUT2D eigenvalue weighted by Crippen LogP contribution is -2.49. The van der Waals surface area contributed by atoms with Crippen LogP contribution in [0.4, 0.5) is 14.9 Å². The van der Waals surface area contributed by atoms with E-state index in [0.29, 0.717) is 19.8 Å². The summed E-state index contributed by atoms with van der Waals surface area (Å²) < 4.78 is 18.3. The lowest BCUT2D eigenvalue weighted by atomic mass is 9.89. The Hall–Kier alpha value is -1.62. The van der Waals surface area contributed by atoms with Gasteiger partial charge in [0, 0.05) is 12.0 Å². The molecule has 1 fully saturated rings. The first-order valence-corrected chi connectivity index (χ1v) is 5.46. The molecule has 17 heavy (non-hydrogen) atoms. The number of nitrogens with one attached hydrogen (secondary N) is 2. The van der Waals surface area contributed by atoms with Gasteiger partial charge in [0.2, 0.25) is 0 Å². The predicted octanol–water partition coefficient (Wildman–Crippen LogP) is 1.98. The fraction of sp³-hybridized carbons (Fsp3) is 0.417. The quantitative estimate of drug-likeness (QED) is 0.846. The number of carbonyl (C=O) groups excluding carboxylic acids is 1. The predicted molar refractivity (Wildman–Crippen MR) is 62.3 cm³/mol. The highest BCUT2D eigenvalue weighted by molar-refractivity contribution is 5.89. The molecule has 92 valence electrons. The van der Waals surface area contributed by atoms with Crippen molar-refractivity contribution in [3.63, 3.8) is 0 Å². The molecule has 2 rings (SSSR count). The number of urea groups is 1. The van der Waals surface area contributed by atoms with Crippen LogP contribution in [0.3, 0.4) is 0 Å². The summed E-state index contributed by atoms with van der Waals surface area (Å²) in [5.41, 5.74) is 0.187. The van der Waals surface area contributed by atoms with E-state index in [9.17, 15) is 9.18 Å². The van der Waals surface area contributed by atoms with E-state index in [1.54, 1.807) is 12.1 Å². The minimum absolute atomic E-state index is 0.00652. The largest absolute Gasteiger partial charge is 0.380 e. The molecule has 0 unspecified atom stereocenters. The van der Waals surface area contributed by atoms with Crippen LogP contribution in [0.25, 0.3) is 0 Å². The van der Waals surface area contributed by atoms with Crippen LogP contribution >= 0.6 is 0 Å². The van der Waals surface area contributed by atoms with Crippen LogP contribution < -0.4 is 10.6 Å². The van der Waals surface area contributed by atoms with Crippen LogP contribution in [-0.4, -0.2) is 25.8 Å². The van der Waals surface area contributed by atoms with Crippen molar-refractivity contribution in [3.8, 4) is 0 Å². The van der Waals surface area contributed by atoms with Gasteiger partial charge in [0.1, 0.15) is 5.82 Å². The van der Waals surface area contributed by atoms with Crippen LogP contribution in [-0.2, 0) is 4.74 Å². The molecule has 0 bridgehead atoms. The number of anilines is 1. The molecule has 1 aliphatic heterocycles. The van der Waals surface area contributed by atoms with E-state index in [-0.39, 0.29) is 11.1 Å². The highest BCUT2D eigenvalue weighted by Gasteiger charge is 2.33. The van der Waals surface area contributed by atoms with Gasteiger partial charge in [-0.1, -0.05) is 19.1 Å². The van der Waals surface area contributed by atoms with Gasteiger partial charge in [-0.2, -0.15) is 0 Å². The molecule has 0 atom stereocenters. The highest BCUT2D eigenvalue weighted by atomic mass is 19.1. The molecular formula is C12H15FN2O2. The molecule has 0 aromatic heterocycles. The maximum absolute atomic E-state index is 13.2. The molecule has 1 aromatic carbocycles. The third-order valence-electron chi connectivity index (χ3n) is 2.70. The molecule has 0 saturated carbocycles. The van der Waals surface area contributed by atoms with Gasteiger partial charge in [0.05, 0.1) is 18.9 Å². The average molecular weight is 238 g/mol. The lowest BCUT2D eigenvalue weighted by Gasteiger charge is -2.37. The Balaban J connectivity index is 1.83. The second-order valence-electron chi connectivity index (χ2n) is 4.59. The van der Waals surface area contributed by atoms with Gasteiger partial charge in [-0.05, 0) is 12.1 Å². The smallest absolute Gasteiger partial charge is 0.319 e. The SMILES string of the molecule is CC1(CNC(=O)Nc2ccccc2F)COC1. The van der Waals surface area contributed by atoms with Crippen LogP contribution in [0.15, 0.2) is 24.3 Å². The van der Waals surface area contributed by atoms with E-state index >= 15 is 0 Å². The van der Waals surface area contributed by atoms with Crippen molar-refractivity contribution in [1.82, 2.24) is 5.32 Å². The van der Waals surface area contributed by atoms with Gasteiger partial charge in [0.25, 0.3) is 0 Å². The normalized spacial score (nSPS) is 17.1. The summed E-state index contributed by atoms with van der Waals surface area (Å²) in [6, 6.07) is 5.66. The highest BCUT2D eigenvalue weighted by Crippen LogP contribution is 2.25. The zero-order valence-electron chi connectivity index (χ0n) is 9.63. The number of amides is 2.